The van der Waals surface area contributed by atoms with Crippen LogP contribution in [-0.4, -0.2) is 27.1 Å². The van der Waals surface area contributed by atoms with Crippen LogP contribution in [0.4, 0.5) is 0 Å². The maximum Gasteiger partial charge on any atom is 0.358 e. The van der Waals surface area contributed by atoms with E-state index in [2.05, 4.69) is 9.97 Å². The number of fused-ring (bicyclic) bond motifs is 1. The van der Waals surface area contributed by atoms with Crippen molar-refractivity contribution in [2.75, 3.05) is 6.61 Å². The van der Waals surface area contributed by atoms with E-state index in [-0.39, 0.29) is 11.3 Å². The molecule has 0 spiro atoms. The normalized spacial score (nSPS) is 10.8. The molecule has 0 atom stereocenters. The van der Waals surface area contributed by atoms with Gasteiger partial charge in [-0.05, 0) is 32.0 Å². The summed E-state index contributed by atoms with van der Waals surface area (Å²) in [7, 11) is 0. The lowest BCUT2D eigenvalue weighted by molar-refractivity contribution is 0.0519. The van der Waals surface area contributed by atoms with Crippen LogP contribution in [0.5, 0.6) is 0 Å². The first-order valence-electron chi connectivity index (χ1n) is 6.95. The molecule has 3 aromatic rings. The third-order valence-corrected chi connectivity index (χ3v) is 3.53. The molecule has 1 aromatic carbocycles. The maximum atomic E-state index is 11.9. The van der Waals surface area contributed by atoms with Crippen molar-refractivity contribution >= 4 is 16.7 Å². The van der Waals surface area contributed by atoms with Crippen LogP contribution in [0.1, 0.15) is 23.1 Å². The Kier molecular flexibility index (Phi) is 3.50. The Hall–Kier alpha value is -2.89. The number of rotatable bonds is 3. The summed E-state index contributed by atoms with van der Waals surface area (Å²) in [6.45, 7) is 3.85. The van der Waals surface area contributed by atoms with Gasteiger partial charge in [0.1, 0.15) is 6.33 Å². The second kappa shape index (κ2) is 5.48. The summed E-state index contributed by atoms with van der Waals surface area (Å²) < 4.78 is 6.78. The predicted octanol–water partition coefficient (Wildman–Crippen LogP) is 2.20. The number of hydrogen-bond donors (Lipinski definition) is 1. The van der Waals surface area contributed by atoms with Crippen molar-refractivity contribution in [3.05, 3.63) is 58.5 Å². The number of nitrogens with one attached hydrogen (secondary N) is 1. The van der Waals surface area contributed by atoms with Gasteiger partial charge >= 0.3 is 5.97 Å². The number of nitrogens with zero attached hydrogens (tertiary/aromatic N) is 2. The van der Waals surface area contributed by atoms with Crippen molar-refractivity contribution in [1.82, 2.24) is 14.5 Å². The molecule has 0 fully saturated rings. The number of carbonyl (C=O) groups excluding carboxylic acids is 1. The van der Waals surface area contributed by atoms with Crippen LogP contribution < -0.4 is 5.56 Å². The minimum absolute atomic E-state index is 0.150. The number of ether oxygens (including phenoxy) is 1. The molecule has 0 aliphatic carbocycles. The van der Waals surface area contributed by atoms with Gasteiger partial charge in [-0.1, -0.05) is 6.07 Å². The van der Waals surface area contributed by atoms with Gasteiger partial charge in [0.05, 0.1) is 18.0 Å². The van der Waals surface area contributed by atoms with E-state index >= 15 is 0 Å². The minimum Gasteiger partial charge on any atom is -0.461 e. The molecule has 3 rings (SSSR count). The van der Waals surface area contributed by atoms with Gasteiger partial charge in [0, 0.05) is 17.0 Å². The highest BCUT2D eigenvalue weighted by molar-refractivity contribution is 5.91. The van der Waals surface area contributed by atoms with E-state index in [1.807, 2.05) is 12.1 Å². The summed E-state index contributed by atoms with van der Waals surface area (Å²) in [5.74, 6) is -0.447. The zero-order chi connectivity index (χ0) is 15.7. The lowest BCUT2D eigenvalue weighted by Crippen LogP contribution is -2.09. The Morgan fingerprint density at radius 1 is 1.32 bits per heavy atom. The highest BCUT2D eigenvalue weighted by Crippen LogP contribution is 2.22. The fraction of sp³-hybridized carbons (Fsp3) is 0.188. The molecule has 0 aliphatic rings. The molecule has 0 saturated carbocycles. The standard InChI is InChI=1S/C16H15N3O3/c1-3-22-16(21)14-10(2)19(9-18-14)13-6-4-5-12-11(13)7-8-17-15(12)20/h4-9H,3H2,1-2H3,(H,17,20). The van der Waals surface area contributed by atoms with Crippen LogP contribution in [0.15, 0.2) is 41.6 Å². The van der Waals surface area contributed by atoms with Crippen LogP contribution in [0.2, 0.25) is 0 Å². The summed E-state index contributed by atoms with van der Waals surface area (Å²) in [5, 5.41) is 1.38. The molecule has 0 saturated heterocycles. The van der Waals surface area contributed by atoms with E-state index in [1.54, 1.807) is 43.1 Å². The van der Waals surface area contributed by atoms with Gasteiger partial charge < -0.3 is 14.3 Å². The van der Waals surface area contributed by atoms with E-state index in [4.69, 9.17) is 4.74 Å². The molecule has 6 heteroatoms. The van der Waals surface area contributed by atoms with E-state index < -0.39 is 5.97 Å². The summed E-state index contributed by atoms with van der Waals surface area (Å²) in [6.07, 6.45) is 3.17. The van der Waals surface area contributed by atoms with Gasteiger partial charge in [-0.3, -0.25) is 4.79 Å². The van der Waals surface area contributed by atoms with Crippen molar-refractivity contribution in [2.24, 2.45) is 0 Å². The molecular weight excluding hydrogens is 282 g/mol. The molecule has 2 aromatic heterocycles. The number of aromatic nitrogens is 3. The molecule has 2 heterocycles. The van der Waals surface area contributed by atoms with E-state index in [0.717, 1.165) is 11.1 Å². The second-order valence-corrected chi connectivity index (χ2v) is 4.81. The lowest BCUT2D eigenvalue weighted by atomic mass is 10.1. The van der Waals surface area contributed by atoms with E-state index in [1.165, 1.54) is 0 Å². The molecular formula is C16H15N3O3. The summed E-state index contributed by atoms with van der Waals surface area (Å²) in [4.78, 5) is 30.6. The van der Waals surface area contributed by atoms with Crippen LogP contribution in [0.3, 0.4) is 0 Å². The van der Waals surface area contributed by atoms with E-state index in [0.29, 0.717) is 17.7 Å². The smallest absolute Gasteiger partial charge is 0.358 e. The van der Waals surface area contributed by atoms with Gasteiger partial charge in [-0.25, -0.2) is 9.78 Å². The number of imidazole rings is 1. The summed E-state index contributed by atoms with van der Waals surface area (Å²) >= 11 is 0. The quantitative estimate of drug-likeness (QED) is 0.752. The number of aromatic amines is 1. The monoisotopic (exact) mass is 297 g/mol. The Morgan fingerprint density at radius 2 is 2.14 bits per heavy atom. The highest BCUT2D eigenvalue weighted by atomic mass is 16.5. The maximum absolute atomic E-state index is 11.9. The third kappa shape index (κ3) is 2.18. The molecule has 0 bridgehead atoms. The van der Waals surface area contributed by atoms with Crippen LogP contribution in [0, 0.1) is 6.92 Å². The molecule has 1 N–H and O–H groups in total. The number of hydrogen-bond acceptors (Lipinski definition) is 4. The van der Waals surface area contributed by atoms with Crippen molar-refractivity contribution in [3.8, 4) is 5.69 Å². The van der Waals surface area contributed by atoms with Crippen LogP contribution in [-0.2, 0) is 4.74 Å². The first-order chi connectivity index (χ1) is 10.6. The van der Waals surface area contributed by atoms with Crippen molar-refractivity contribution in [3.63, 3.8) is 0 Å². The fourth-order valence-corrected chi connectivity index (χ4v) is 2.47. The Morgan fingerprint density at radius 3 is 2.91 bits per heavy atom. The van der Waals surface area contributed by atoms with Crippen molar-refractivity contribution < 1.29 is 9.53 Å². The third-order valence-electron chi connectivity index (χ3n) is 3.53. The average Bonchev–Trinajstić information content (AvgIpc) is 2.89. The first kappa shape index (κ1) is 14.1. The fourth-order valence-electron chi connectivity index (χ4n) is 2.47. The highest BCUT2D eigenvalue weighted by Gasteiger charge is 2.17. The average molecular weight is 297 g/mol. The molecule has 6 nitrogen and oxygen atoms in total. The molecule has 112 valence electrons. The number of pyridine rings is 1. The van der Waals surface area contributed by atoms with Gasteiger partial charge in [0.15, 0.2) is 5.69 Å². The van der Waals surface area contributed by atoms with Gasteiger partial charge in [-0.15, -0.1) is 0 Å². The van der Waals surface area contributed by atoms with Crippen molar-refractivity contribution in [2.45, 2.75) is 13.8 Å². The van der Waals surface area contributed by atoms with Gasteiger partial charge in [0.25, 0.3) is 5.56 Å². The van der Waals surface area contributed by atoms with Gasteiger partial charge in [-0.2, -0.15) is 0 Å². The number of benzene rings is 1. The molecule has 0 radical (unpaired) electrons. The lowest BCUT2D eigenvalue weighted by Gasteiger charge is -2.09. The molecule has 0 unspecified atom stereocenters. The van der Waals surface area contributed by atoms with Crippen molar-refractivity contribution in [1.29, 1.82) is 0 Å². The Labute approximate surface area is 126 Å². The Balaban J connectivity index is 2.19. The molecule has 0 aliphatic heterocycles. The minimum atomic E-state index is -0.447. The van der Waals surface area contributed by atoms with Crippen LogP contribution >= 0.6 is 0 Å². The second-order valence-electron chi connectivity index (χ2n) is 4.81. The van der Waals surface area contributed by atoms with E-state index in [9.17, 15) is 9.59 Å². The molecule has 22 heavy (non-hydrogen) atoms. The summed E-state index contributed by atoms with van der Waals surface area (Å²) in [5.41, 5.74) is 1.60. The predicted molar refractivity (Wildman–Crippen MR) is 82.4 cm³/mol. The number of esters is 1. The zero-order valence-electron chi connectivity index (χ0n) is 12.3. The Bertz CT molecular complexity index is 908. The number of H-pyrrole nitrogens is 1. The first-order valence-corrected chi connectivity index (χ1v) is 6.95. The summed E-state index contributed by atoms with van der Waals surface area (Å²) in [6, 6.07) is 7.27. The molecule has 0 amide bonds. The van der Waals surface area contributed by atoms with Gasteiger partial charge in [0.2, 0.25) is 0 Å². The SMILES string of the molecule is CCOC(=O)c1ncn(-c2cccc3c(=O)[nH]ccc23)c1C. The van der Waals surface area contributed by atoms with Crippen LogP contribution in [0.25, 0.3) is 16.5 Å². The topological polar surface area (TPSA) is 77.0 Å². The number of carbonyl (C=O) groups is 1. The zero-order valence-corrected chi connectivity index (χ0v) is 12.3. The largest absolute Gasteiger partial charge is 0.461 e.